The van der Waals surface area contributed by atoms with E-state index in [1.54, 1.807) is 6.20 Å². The van der Waals surface area contributed by atoms with Crippen LogP contribution in [0.15, 0.2) is 48.8 Å². The van der Waals surface area contributed by atoms with Gasteiger partial charge in [0.05, 0.1) is 0 Å². The van der Waals surface area contributed by atoms with Gasteiger partial charge in [-0.05, 0) is 32.2 Å². The van der Waals surface area contributed by atoms with Crippen molar-refractivity contribution < 1.29 is 4.74 Å². The summed E-state index contributed by atoms with van der Waals surface area (Å²) in [4.78, 5) is 8.74. The van der Waals surface area contributed by atoms with E-state index < -0.39 is 0 Å². The molecule has 3 aromatic rings. The van der Waals surface area contributed by atoms with E-state index in [0.717, 1.165) is 33.7 Å². The van der Waals surface area contributed by atoms with E-state index in [1.807, 2.05) is 50.5 Å². The maximum Gasteiger partial charge on any atom is 0.153 e. The normalized spacial score (nSPS) is 10.8. The van der Waals surface area contributed by atoms with Crippen molar-refractivity contribution in [2.75, 3.05) is 7.05 Å². The molecule has 0 amide bonds. The second-order valence-corrected chi connectivity index (χ2v) is 4.90. The van der Waals surface area contributed by atoms with E-state index in [9.17, 15) is 0 Å². The third-order valence-corrected chi connectivity index (χ3v) is 3.27. The molecule has 0 aliphatic heterocycles. The van der Waals surface area contributed by atoms with Crippen molar-refractivity contribution in [1.29, 1.82) is 0 Å². The van der Waals surface area contributed by atoms with Crippen LogP contribution in [0.1, 0.15) is 11.3 Å². The zero-order valence-corrected chi connectivity index (χ0v) is 12.1. The van der Waals surface area contributed by atoms with Crippen molar-refractivity contribution in [2.24, 2.45) is 0 Å². The van der Waals surface area contributed by atoms with Gasteiger partial charge in [-0.25, -0.2) is 4.98 Å². The topological polar surface area (TPSA) is 47.0 Å². The lowest BCUT2D eigenvalue weighted by molar-refractivity contribution is 0.477. The molecule has 0 bridgehead atoms. The number of aromatic nitrogens is 2. The first-order valence-electron chi connectivity index (χ1n) is 6.89. The van der Waals surface area contributed by atoms with E-state index >= 15 is 0 Å². The Labute approximate surface area is 123 Å². The van der Waals surface area contributed by atoms with Gasteiger partial charge in [0.2, 0.25) is 0 Å². The number of hydrogen-bond donors (Lipinski definition) is 1. The van der Waals surface area contributed by atoms with Crippen LogP contribution >= 0.6 is 0 Å². The molecule has 21 heavy (non-hydrogen) atoms. The summed E-state index contributed by atoms with van der Waals surface area (Å²) in [7, 11) is 1.90. The van der Waals surface area contributed by atoms with Gasteiger partial charge < -0.3 is 10.1 Å². The van der Waals surface area contributed by atoms with Crippen LogP contribution in [0, 0.1) is 6.92 Å². The number of pyridine rings is 2. The fourth-order valence-corrected chi connectivity index (χ4v) is 2.26. The van der Waals surface area contributed by atoms with Crippen LogP contribution in [-0.2, 0) is 6.54 Å². The minimum absolute atomic E-state index is 0.709. The van der Waals surface area contributed by atoms with E-state index in [2.05, 4.69) is 21.4 Å². The molecule has 106 valence electrons. The Kier molecular flexibility index (Phi) is 3.79. The van der Waals surface area contributed by atoms with Crippen molar-refractivity contribution in [3.63, 3.8) is 0 Å². The number of ether oxygens (including phenoxy) is 1. The Balaban J connectivity index is 2.04. The summed E-state index contributed by atoms with van der Waals surface area (Å²) in [6.07, 6.45) is 3.55. The standard InChI is InChI=1S/C17H17N3O/c1-12-6-7-13-4-3-5-16(17(13)20-12)21-15-8-9-19-11-14(15)10-18-2/h3-9,11,18H,10H2,1-2H3. The van der Waals surface area contributed by atoms with Crippen molar-refractivity contribution in [3.05, 3.63) is 60.0 Å². The fourth-order valence-electron chi connectivity index (χ4n) is 2.26. The molecule has 3 rings (SSSR count). The van der Waals surface area contributed by atoms with E-state index in [0.29, 0.717) is 6.54 Å². The van der Waals surface area contributed by atoms with Crippen molar-refractivity contribution >= 4 is 10.9 Å². The zero-order valence-electron chi connectivity index (χ0n) is 12.1. The Bertz CT molecular complexity index is 771. The van der Waals surface area contributed by atoms with Crippen LogP contribution in [0.2, 0.25) is 0 Å². The van der Waals surface area contributed by atoms with Crippen molar-refractivity contribution in [3.8, 4) is 11.5 Å². The molecule has 4 heteroatoms. The first-order valence-corrected chi connectivity index (χ1v) is 6.89. The van der Waals surface area contributed by atoms with Crippen molar-refractivity contribution in [1.82, 2.24) is 15.3 Å². The monoisotopic (exact) mass is 279 g/mol. The van der Waals surface area contributed by atoms with Gasteiger partial charge in [0.25, 0.3) is 0 Å². The zero-order chi connectivity index (χ0) is 14.7. The quantitative estimate of drug-likeness (QED) is 0.794. The van der Waals surface area contributed by atoms with Gasteiger partial charge in [-0.3, -0.25) is 4.98 Å². The van der Waals surface area contributed by atoms with Crippen LogP contribution < -0.4 is 10.1 Å². The Hall–Kier alpha value is -2.46. The number of aryl methyl sites for hydroxylation is 1. The van der Waals surface area contributed by atoms with Gasteiger partial charge in [0, 0.05) is 35.6 Å². The fraction of sp³-hybridized carbons (Fsp3) is 0.176. The largest absolute Gasteiger partial charge is 0.455 e. The van der Waals surface area contributed by atoms with Gasteiger partial charge >= 0.3 is 0 Å². The molecule has 0 spiro atoms. The summed E-state index contributed by atoms with van der Waals surface area (Å²) < 4.78 is 6.09. The van der Waals surface area contributed by atoms with Crippen LogP contribution in [0.4, 0.5) is 0 Å². The highest BCUT2D eigenvalue weighted by Crippen LogP contribution is 2.30. The first-order chi connectivity index (χ1) is 10.3. The lowest BCUT2D eigenvalue weighted by atomic mass is 10.2. The average Bonchev–Trinajstić information content (AvgIpc) is 2.50. The van der Waals surface area contributed by atoms with E-state index in [-0.39, 0.29) is 0 Å². The summed E-state index contributed by atoms with van der Waals surface area (Å²) >= 11 is 0. The molecule has 0 saturated carbocycles. The number of nitrogens with zero attached hydrogens (tertiary/aromatic N) is 2. The smallest absolute Gasteiger partial charge is 0.153 e. The molecule has 1 N–H and O–H groups in total. The van der Waals surface area contributed by atoms with Gasteiger partial charge in [0.15, 0.2) is 5.75 Å². The van der Waals surface area contributed by atoms with Gasteiger partial charge in [-0.2, -0.15) is 0 Å². The SMILES string of the molecule is CNCc1cnccc1Oc1cccc2ccc(C)nc12. The number of benzene rings is 1. The molecule has 0 fully saturated rings. The predicted octanol–water partition coefficient (Wildman–Crippen LogP) is 3.45. The highest BCUT2D eigenvalue weighted by Gasteiger charge is 2.08. The summed E-state index contributed by atoms with van der Waals surface area (Å²) in [6.45, 7) is 2.69. The van der Waals surface area contributed by atoms with Crippen LogP contribution in [0.5, 0.6) is 11.5 Å². The molecule has 2 heterocycles. The molecule has 4 nitrogen and oxygen atoms in total. The number of para-hydroxylation sites is 1. The Morgan fingerprint density at radius 3 is 2.86 bits per heavy atom. The molecule has 0 aliphatic rings. The molecule has 0 radical (unpaired) electrons. The third kappa shape index (κ3) is 2.85. The molecule has 0 atom stereocenters. The molecular formula is C17H17N3O. The molecule has 2 aromatic heterocycles. The summed E-state index contributed by atoms with van der Waals surface area (Å²) in [5, 5.41) is 4.19. The minimum Gasteiger partial charge on any atom is -0.455 e. The second-order valence-electron chi connectivity index (χ2n) is 4.90. The molecule has 0 saturated heterocycles. The number of hydrogen-bond acceptors (Lipinski definition) is 4. The highest BCUT2D eigenvalue weighted by molar-refractivity contribution is 5.84. The summed E-state index contributed by atoms with van der Waals surface area (Å²) in [6, 6.07) is 11.9. The van der Waals surface area contributed by atoms with Crippen LogP contribution in [-0.4, -0.2) is 17.0 Å². The molecule has 0 unspecified atom stereocenters. The Morgan fingerprint density at radius 1 is 1.10 bits per heavy atom. The van der Waals surface area contributed by atoms with E-state index in [4.69, 9.17) is 4.74 Å². The maximum absolute atomic E-state index is 6.09. The summed E-state index contributed by atoms with van der Waals surface area (Å²) in [5.74, 6) is 1.56. The van der Waals surface area contributed by atoms with Gasteiger partial charge in [-0.1, -0.05) is 18.2 Å². The van der Waals surface area contributed by atoms with Crippen molar-refractivity contribution in [2.45, 2.75) is 13.5 Å². The highest BCUT2D eigenvalue weighted by atomic mass is 16.5. The third-order valence-electron chi connectivity index (χ3n) is 3.27. The minimum atomic E-state index is 0.709. The Morgan fingerprint density at radius 2 is 2.00 bits per heavy atom. The number of nitrogens with one attached hydrogen (secondary N) is 1. The molecule has 0 aliphatic carbocycles. The average molecular weight is 279 g/mol. The molecule has 1 aromatic carbocycles. The van der Waals surface area contributed by atoms with E-state index in [1.165, 1.54) is 0 Å². The lowest BCUT2D eigenvalue weighted by Gasteiger charge is -2.12. The van der Waals surface area contributed by atoms with Gasteiger partial charge in [0.1, 0.15) is 11.3 Å². The molecular weight excluding hydrogens is 262 g/mol. The second kappa shape index (κ2) is 5.89. The van der Waals surface area contributed by atoms with Crippen LogP contribution in [0.25, 0.3) is 10.9 Å². The van der Waals surface area contributed by atoms with Gasteiger partial charge in [-0.15, -0.1) is 0 Å². The summed E-state index contributed by atoms with van der Waals surface area (Å²) in [5.41, 5.74) is 2.87. The maximum atomic E-state index is 6.09. The lowest BCUT2D eigenvalue weighted by Crippen LogP contribution is -2.06. The predicted molar refractivity (Wildman–Crippen MR) is 83.6 cm³/mol. The first kappa shape index (κ1) is 13.5. The number of rotatable bonds is 4. The number of fused-ring (bicyclic) bond motifs is 1. The van der Waals surface area contributed by atoms with Crippen LogP contribution in [0.3, 0.4) is 0 Å².